The number of rotatable bonds is 0. The number of hydrogen-bond acceptors (Lipinski definition) is 1. The summed E-state index contributed by atoms with van der Waals surface area (Å²) in [7, 11) is 0. The third-order valence-corrected chi connectivity index (χ3v) is 3.35. The molecule has 1 amide bonds. The van der Waals surface area contributed by atoms with Gasteiger partial charge in [0.25, 0.3) is 0 Å². The molecule has 2 aromatic carbocycles. The maximum Gasteiger partial charge on any atom is 0.228 e. The van der Waals surface area contributed by atoms with E-state index in [1.54, 1.807) is 0 Å². The number of carbonyl (C=O) groups is 1. The molecule has 15 heavy (non-hydrogen) atoms. The highest BCUT2D eigenvalue weighted by molar-refractivity contribution is 9.10. The quantitative estimate of drug-likeness (QED) is 0.776. The zero-order valence-electron chi connectivity index (χ0n) is 7.88. The topological polar surface area (TPSA) is 29.1 Å². The first-order valence-corrected chi connectivity index (χ1v) is 5.55. The molecule has 2 aromatic rings. The van der Waals surface area contributed by atoms with Gasteiger partial charge in [0, 0.05) is 9.86 Å². The van der Waals surface area contributed by atoms with E-state index in [1.165, 1.54) is 0 Å². The molecule has 0 atom stereocenters. The molecule has 0 saturated carbocycles. The summed E-state index contributed by atoms with van der Waals surface area (Å²) in [5.41, 5.74) is 2.05. The summed E-state index contributed by atoms with van der Waals surface area (Å²) in [4.78, 5) is 11.3. The first-order valence-electron chi connectivity index (χ1n) is 4.75. The number of carbonyl (C=O) groups excluding carboxylic acids is 1. The SMILES string of the molecule is O=C1Cc2cc(Br)c3ccccc3c2N1. The first-order chi connectivity index (χ1) is 7.25. The van der Waals surface area contributed by atoms with E-state index in [2.05, 4.69) is 21.2 Å². The van der Waals surface area contributed by atoms with E-state index in [1.807, 2.05) is 30.3 Å². The van der Waals surface area contributed by atoms with Crippen molar-refractivity contribution in [3.63, 3.8) is 0 Å². The molecule has 0 radical (unpaired) electrons. The third kappa shape index (κ3) is 1.27. The van der Waals surface area contributed by atoms with Crippen LogP contribution in [0.1, 0.15) is 5.56 Å². The average molecular weight is 262 g/mol. The number of anilines is 1. The van der Waals surface area contributed by atoms with Crippen molar-refractivity contribution in [2.24, 2.45) is 0 Å². The molecule has 2 nitrogen and oxygen atoms in total. The van der Waals surface area contributed by atoms with Crippen LogP contribution in [0.5, 0.6) is 0 Å². The summed E-state index contributed by atoms with van der Waals surface area (Å²) < 4.78 is 1.05. The standard InChI is InChI=1S/C12H8BrNO/c13-10-5-7-6-11(15)14-12(7)9-4-2-1-3-8(9)10/h1-5H,6H2,(H,14,15). The van der Waals surface area contributed by atoms with Crippen molar-refractivity contribution >= 4 is 38.3 Å². The van der Waals surface area contributed by atoms with Gasteiger partial charge in [-0.25, -0.2) is 0 Å². The number of hydrogen-bond donors (Lipinski definition) is 1. The van der Waals surface area contributed by atoms with Crippen LogP contribution < -0.4 is 5.32 Å². The van der Waals surface area contributed by atoms with Gasteiger partial charge >= 0.3 is 0 Å². The summed E-state index contributed by atoms with van der Waals surface area (Å²) in [5, 5.41) is 5.15. The normalized spacial score (nSPS) is 14.1. The zero-order valence-corrected chi connectivity index (χ0v) is 9.47. The largest absolute Gasteiger partial charge is 0.325 e. The van der Waals surface area contributed by atoms with Gasteiger partial charge in [-0.2, -0.15) is 0 Å². The molecule has 1 heterocycles. The lowest BCUT2D eigenvalue weighted by atomic mass is 10.0. The molecule has 0 fully saturated rings. The summed E-state index contributed by atoms with van der Waals surface area (Å²) in [6, 6.07) is 10.1. The Morgan fingerprint density at radius 2 is 1.93 bits per heavy atom. The van der Waals surface area contributed by atoms with E-state index in [0.29, 0.717) is 6.42 Å². The second-order valence-corrected chi connectivity index (χ2v) is 4.52. The van der Waals surface area contributed by atoms with Crippen LogP contribution in [0, 0.1) is 0 Å². The molecule has 3 heteroatoms. The fourth-order valence-electron chi connectivity index (χ4n) is 2.03. The Morgan fingerprint density at radius 1 is 1.20 bits per heavy atom. The summed E-state index contributed by atoms with van der Waals surface area (Å²) in [6.45, 7) is 0. The number of nitrogens with one attached hydrogen (secondary N) is 1. The van der Waals surface area contributed by atoms with Crippen LogP contribution in [0.25, 0.3) is 10.8 Å². The molecule has 74 valence electrons. The van der Waals surface area contributed by atoms with Crippen molar-refractivity contribution < 1.29 is 4.79 Å². The molecule has 0 bridgehead atoms. The zero-order chi connectivity index (χ0) is 10.4. The van der Waals surface area contributed by atoms with Crippen molar-refractivity contribution in [3.05, 3.63) is 40.4 Å². The molecular formula is C12H8BrNO. The van der Waals surface area contributed by atoms with E-state index in [4.69, 9.17) is 0 Å². The van der Waals surface area contributed by atoms with Crippen molar-refractivity contribution in [1.82, 2.24) is 0 Å². The minimum Gasteiger partial charge on any atom is -0.325 e. The predicted molar refractivity (Wildman–Crippen MR) is 64.0 cm³/mol. The van der Waals surface area contributed by atoms with Crippen LogP contribution in [0.4, 0.5) is 5.69 Å². The van der Waals surface area contributed by atoms with Gasteiger partial charge in [-0.1, -0.05) is 40.2 Å². The van der Waals surface area contributed by atoms with Crippen LogP contribution in [0.3, 0.4) is 0 Å². The van der Waals surface area contributed by atoms with Crippen molar-refractivity contribution in [2.75, 3.05) is 5.32 Å². The van der Waals surface area contributed by atoms with Crippen molar-refractivity contribution in [2.45, 2.75) is 6.42 Å². The molecule has 1 aliphatic rings. The Kier molecular flexibility index (Phi) is 1.83. The molecular weight excluding hydrogens is 254 g/mol. The van der Waals surface area contributed by atoms with Crippen LogP contribution in [0.15, 0.2) is 34.8 Å². The van der Waals surface area contributed by atoms with E-state index in [-0.39, 0.29) is 5.91 Å². The van der Waals surface area contributed by atoms with E-state index < -0.39 is 0 Å². The average Bonchev–Trinajstić information content (AvgIpc) is 2.59. The van der Waals surface area contributed by atoms with Gasteiger partial charge in [-0.05, 0) is 17.0 Å². The highest BCUT2D eigenvalue weighted by atomic mass is 79.9. The lowest BCUT2D eigenvalue weighted by Gasteiger charge is -2.06. The molecule has 3 rings (SSSR count). The van der Waals surface area contributed by atoms with Gasteiger partial charge < -0.3 is 5.32 Å². The Labute approximate surface area is 95.4 Å². The van der Waals surface area contributed by atoms with Gasteiger partial charge in [0.2, 0.25) is 5.91 Å². The summed E-state index contributed by atoms with van der Waals surface area (Å²) in [5.74, 6) is 0.0771. The van der Waals surface area contributed by atoms with Crippen molar-refractivity contribution in [3.8, 4) is 0 Å². The molecule has 0 aromatic heterocycles. The summed E-state index contributed by atoms with van der Waals surface area (Å²) >= 11 is 3.53. The number of fused-ring (bicyclic) bond motifs is 3. The third-order valence-electron chi connectivity index (χ3n) is 2.69. The molecule has 0 saturated heterocycles. The second kappa shape index (κ2) is 3.07. The monoisotopic (exact) mass is 261 g/mol. The lowest BCUT2D eigenvalue weighted by molar-refractivity contribution is -0.115. The number of halogens is 1. The summed E-state index contributed by atoms with van der Waals surface area (Å²) in [6.07, 6.45) is 0.485. The Hall–Kier alpha value is -1.35. The predicted octanol–water partition coefficient (Wildman–Crippen LogP) is 3.10. The molecule has 1 N–H and O–H groups in total. The van der Waals surface area contributed by atoms with Gasteiger partial charge in [-0.3, -0.25) is 4.79 Å². The lowest BCUT2D eigenvalue weighted by Crippen LogP contribution is -2.03. The first kappa shape index (κ1) is 8.92. The minimum atomic E-state index is 0.0771. The number of benzene rings is 2. The van der Waals surface area contributed by atoms with Crippen LogP contribution in [0.2, 0.25) is 0 Å². The highest BCUT2D eigenvalue weighted by Gasteiger charge is 2.20. The number of amides is 1. The van der Waals surface area contributed by atoms with E-state index in [9.17, 15) is 4.79 Å². The molecule has 0 spiro atoms. The van der Waals surface area contributed by atoms with Crippen LogP contribution in [-0.2, 0) is 11.2 Å². The van der Waals surface area contributed by atoms with Crippen LogP contribution in [-0.4, -0.2) is 5.91 Å². The maximum atomic E-state index is 11.3. The van der Waals surface area contributed by atoms with Gasteiger partial charge in [-0.15, -0.1) is 0 Å². The highest BCUT2D eigenvalue weighted by Crippen LogP contribution is 2.36. The van der Waals surface area contributed by atoms with Crippen molar-refractivity contribution in [1.29, 1.82) is 0 Å². The maximum absolute atomic E-state index is 11.3. The van der Waals surface area contributed by atoms with Gasteiger partial charge in [0.05, 0.1) is 12.1 Å². The molecule has 0 aliphatic carbocycles. The van der Waals surface area contributed by atoms with E-state index >= 15 is 0 Å². The molecule has 1 aliphatic heterocycles. The Morgan fingerprint density at radius 3 is 2.73 bits per heavy atom. The van der Waals surface area contributed by atoms with Gasteiger partial charge in [0.1, 0.15) is 0 Å². The van der Waals surface area contributed by atoms with E-state index in [0.717, 1.165) is 26.5 Å². The van der Waals surface area contributed by atoms with Gasteiger partial charge in [0.15, 0.2) is 0 Å². The molecule has 0 unspecified atom stereocenters. The fourth-order valence-corrected chi connectivity index (χ4v) is 2.65. The fraction of sp³-hybridized carbons (Fsp3) is 0.0833. The Balaban J connectivity index is 2.43. The minimum absolute atomic E-state index is 0.0771. The smallest absolute Gasteiger partial charge is 0.228 e. The van der Waals surface area contributed by atoms with Crippen LogP contribution >= 0.6 is 15.9 Å². The Bertz CT molecular complexity index is 577. The second-order valence-electron chi connectivity index (χ2n) is 3.66.